The molecule has 1 heterocycles. The van der Waals surface area contributed by atoms with Crippen LogP contribution >= 0.6 is 0 Å². The smallest absolute Gasteiger partial charge is 0.232 e. The van der Waals surface area contributed by atoms with Crippen molar-refractivity contribution in [1.82, 2.24) is 0 Å². The Balaban J connectivity index is 2.57. The maximum absolute atomic E-state index is 11.7. The lowest BCUT2D eigenvalue weighted by atomic mass is 10.0. The van der Waals surface area contributed by atoms with E-state index in [1.165, 1.54) is 10.6 Å². The number of benzene rings is 1. The molecular weight excluding hydrogens is 224 g/mol. The number of nitrogens with one attached hydrogen (secondary N) is 1. The van der Waals surface area contributed by atoms with Gasteiger partial charge in [0, 0.05) is 0 Å². The number of anilines is 2. The molecule has 0 saturated heterocycles. The molecule has 0 radical (unpaired) electrons. The van der Waals surface area contributed by atoms with E-state index in [9.17, 15) is 8.42 Å². The number of para-hydroxylation sites is 2. The molecule has 0 aliphatic carbocycles. The molecule has 1 aliphatic heterocycles. The van der Waals surface area contributed by atoms with E-state index < -0.39 is 10.0 Å². The lowest BCUT2D eigenvalue weighted by molar-refractivity contribution is 0.546. The van der Waals surface area contributed by atoms with E-state index in [-0.39, 0.29) is 5.54 Å². The fraction of sp³-hybridized carbons (Fsp3) is 0.455. The fourth-order valence-electron chi connectivity index (χ4n) is 1.94. The standard InChI is InChI=1S/C11H16N2O2S/c1-11(2)8-13(16(3,14)15)10-7-5-4-6-9(10)12-11/h4-7,12H,8H2,1-3H3. The molecule has 0 aromatic heterocycles. The van der Waals surface area contributed by atoms with Gasteiger partial charge in [0.1, 0.15) is 0 Å². The maximum Gasteiger partial charge on any atom is 0.232 e. The summed E-state index contributed by atoms with van der Waals surface area (Å²) in [6.45, 7) is 4.42. The van der Waals surface area contributed by atoms with E-state index >= 15 is 0 Å². The van der Waals surface area contributed by atoms with Gasteiger partial charge in [-0.05, 0) is 26.0 Å². The normalized spacial score (nSPS) is 18.8. The van der Waals surface area contributed by atoms with Gasteiger partial charge in [-0.1, -0.05) is 12.1 Å². The highest BCUT2D eigenvalue weighted by Gasteiger charge is 2.33. The van der Waals surface area contributed by atoms with Crippen LogP contribution in [-0.2, 0) is 10.0 Å². The van der Waals surface area contributed by atoms with Crippen LogP contribution in [0.15, 0.2) is 24.3 Å². The van der Waals surface area contributed by atoms with Gasteiger partial charge < -0.3 is 5.32 Å². The molecule has 0 saturated carbocycles. The first kappa shape index (κ1) is 11.3. The quantitative estimate of drug-likeness (QED) is 0.812. The summed E-state index contributed by atoms with van der Waals surface area (Å²) in [7, 11) is -3.22. The molecule has 5 heteroatoms. The number of nitrogens with zero attached hydrogens (tertiary/aromatic N) is 1. The zero-order chi connectivity index (χ0) is 12.0. The maximum atomic E-state index is 11.7. The Hall–Kier alpha value is -1.23. The van der Waals surface area contributed by atoms with E-state index in [4.69, 9.17) is 0 Å². The number of sulfonamides is 1. The Bertz CT molecular complexity index is 508. The molecule has 1 aromatic rings. The molecule has 1 aromatic carbocycles. The predicted octanol–water partition coefficient (Wildman–Crippen LogP) is 1.66. The molecule has 0 bridgehead atoms. The minimum absolute atomic E-state index is 0.253. The zero-order valence-corrected chi connectivity index (χ0v) is 10.5. The second-order valence-electron chi connectivity index (χ2n) is 4.80. The van der Waals surface area contributed by atoms with Crippen molar-refractivity contribution in [3.8, 4) is 0 Å². The highest BCUT2D eigenvalue weighted by Crippen LogP contribution is 2.35. The summed E-state index contributed by atoms with van der Waals surface area (Å²) in [6, 6.07) is 7.46. The first-order valence-corrected chi connectivity index (χ1v) is 6.99. The monoisotopic (exact) mass is 240 g/mol. The Morgan fingerprint density at radius 3 is 2.56 bits per heavy atom. The Morgan fingerprint density at radius 1 is 1.31 bits per heavy atom. The van der Waals surface area contributed by atoms with Gasteiger partial charge in [-0.2, -0.15) is 0 Å². The lowest BCUT2D eigenvalue weighted by Gasteiger charge is -2.40. The van der Waals surface area contributed by atoms with Gasteiger partial charge in [-0.15, -0.1) is 0 Å². The average molecular weight is 240 g/mol. The van der Waals surface area contributed by atoms with Crippen molar-refractivity contribution >= 4 is 21.4 Å². The van der Waals surface area contributed by atoms with Crippen molar-refractivity contribution in [2.75, 3.05) is 22.4 Å². The summed E-state index contributed by atoms with van der Waals surface area (Å²) < 4.78 is 24.9. The second-order valence-corrected chi connectivity index (χ2v) is 6.70. The molecule has 0 spiro atoms. The van der Waals surface area contributed by atoms with Crippen molar-refractivity contribution < 1.29 is 8.42 Å². The summed E-state index contributed by atoms with van der Waals surface area (Å²) in [6.07, 6.45) is 1.24. The Kier molecular flexibility index (Phi) is 2.38. The SMILES string of the molecule is CC1(C)CN(S(C)(=O)=O)c2ccccc2N1. The van der Waals surface area contributed by atoms with Crippen LogP contribution in [0.25, 0.3) is 0 Å². The van der Waals surface area contributed by atoms with E-state index in [2.05, 4.69) is 5.32 Å². The predicted molar refractivity (Wildman–Crippen MR) is 66.3 cm³/mol. The summed E-state index contributed by atoms with van der Waals surface area (Å²) >= 11 is 0. The summed E-state index contributed by atoms with van der Waals surface area (Å²) in [4.78, 5) is 0. The third-order valence-electron chi connectivity index (χ3n) is 2.59. The van der Waals surface area contributed by atoms with E-state index in [0.29, 0.717) is 6.54 Å². The molecule has 0 fully saturated rings. The third-order valence-corrected chi connectivity index (χ3v) is 3.71. The summed E-state index contributed by atoms with van der Waals surface area (Å²) in [5.41, 5.74) is 1.34. The van der Waals surface area contributed by atoms with Crippen LogP contribution in [0.3, 0.4) is 0 Å². The second kappa shape index (κ2) is 3.38. The first-order valence-electron chi connectivity index (χ1n) is 5.14. The van der Waals surface area contributed by atoms with Crippen LogP contribution in [0.1, 0.15) is 13.8 Å². The number of hydrogen-bond acceptors (Lipinski definition) is 3. The molecule has 16 heavy (non-hydrogen) atoms. The fourth-order valence-corrected chi connectivity index (χ4v) is 3.01. The van der Waals surface area contributed by atoms with Crippen LogP contribution in [-0.4, -0.2) is 26.8 Å². The minimum atomic E-state index is -3.22. The van der Waals surface area contributed by atoms with E-state index in [1.807, 2.05) is 38.1 Å². The van der Waals surface area contributed by atoms with Gasteiger partial charge in [0.05, 0.1) is 29.7 Å². The van der Waals surface area contributed by atoms with Crippen molar-refractivity contribution in [3.63, 3.8) is 0 Å². The number of rotatable bonds is 1. The van der Waals surface area contributed by atoms with Gasteiger partial charge in [-0.3, -0.25) is 4.31 Å². The average Bonchev–Trinajstić information content (AvgIpc) is 2.13. The molecule has 0 amide bonds. The lowest BCUT2D eigenvalue weighted by Crippen LogP contribution is -2.50. The molecule has 0 atom stereocenters. The molecular formula is C11H16N2O2S. The third kappa shape index (κ3) is 2.00. The van der Waals surface area contributed by atoms with Gasteiger partial charge in [0.2, 0.25) is 10.0 Å². The molecule has 1 aliphatic rings. The van der Waals surface area contributed by atoms with Gasteiger partial charge in [0.25, 0.3) is 0 Å². The largest absolute Gasteiger partial charge is 0.377 e. The van der Waals surface area contributed by atoms with E-state index in [0.717, 1.165) is 11.4 Å². The van der Waals surface area contributed by atoms with Crippen LogP contribution in [0, 0.1) is 0 Å². The van der Waals surface area contributed by atoms with Crippen molar-refractivity contribution in [2.45, 2.75) is 19.4 Å². The van der Waals surface area contributed by atoms with Crippen molar-refractivity contribution in [1.29, 1.82) is 0 Å². The molecule has 1 N–H and O–H groups in total. The van der Waals surface area contributed by atoms with Crippen LogP contribution < -0.4 is 9.62 Å². The number of fused-ring (bicyclic) bond motifs is 1. The minimum Gasteiger partial charge on any atom is -0.377 e. The van der Waals surface area contributed by atoms with Crippen molar-refractivity contribution in [2.24, 2.45) is 0 Å². The topological polar surface area (TPSA) is 49.4 Å². The van der Waals surface area contributed by atoms with E-state index in [1.54, 1.807) is 0 Å². The van der Waals surface area contributed by atoms with Crippen molar-refractivity contribution in [3.05, 3.63) is 24.3 Å². The Labute approximate surface area is 96.3 Å². The molecule has 0 unspecified atom stereocenters. The highest BCUT2D eigenvalue weighted by atomic mass is 32.2. The summed E-state index contributed by atoms with van der Waals surface area (Å²) in [5, 5.41) is 3.33. The van der Waals surface area contributed by atoms with Gasteiger partial charge >= 0.3 is 0 Å². The summed E-state index contributed by atoms with van der Waals surface area (Å²) in [5.74, 6) is 0. The van der Waals surface area contributed by atoms with Crippen LogP contribution in [0.2, 0.25) is 0 Å². The molecule has 4 nitrogen and oxygen atoms in total. The van der Waals surface area contributed by atoms with Crippen LogP contribution in [0.4, 0.5) is 11.4 Å². The zero-order valence-electron chi connectivity index (χ0n) is 9.69. The molecule has 2 rings (SSSR count). The number of hydrogen-bond donors (Lipinski definition) is 1. The highest BCUT2D eigenvalue weighted by molar-refractivity contribution is 7.92. The van der Waals surface area contributed by atoms with Gasteiger partial charge in [0.15, 0.2) is 0 Å². The Morgan fingerprint density at radius 2 is 1.94 bits per heavy atom. The first-order chi connectivity index (χ1) is 7.30. The van der Waals surface area contributed by atoms with Gasteiger partial charge in [-0.25, -0.2) is 8.42 Å². The van der Waals surface area contributed by atoms with Crippen LogP contribution in [0.5, 0.6) is 0 Å². The molecule has 88 valence electrons.